The minimum absolute atomic E-state index is 0.149. The Morgan fingerprint density at radius 2 is 1.95 bits per heavy atom. The number of hydrogen-bond donors (Lipinski definition) is 2. The highest BCUT2D eigenvalue weighted by molar-refractivity contribution is 7.14. The Bertz CT molecular complexity index is 1370. The van der Waals surface area contributed by atoms with Crippen LogP contribution < -0.4 is 16.2 Å². The van der Waals surface area contributed by atoms with Crippen LogP contribution in [0.2, 0.25) is 0 Å². The Morgan fingerprint density at radius 1 is 1.18 bits per heavy atom. The van der Waals surface area contributed by atoms with E-state index in [2.05, 4.69) is 29.2 Å². The van der Waals surface area contributed by atoms with Crippen molar-refractivity contribution in [2.24, 2.45) is 17.7 Å². The van der Waals surface area contributed by atoms with Crippen LogP contribution in [0.4, 0.5) is 9.93 Å². The van der Waals surface area contributed by atoms with Gasteiger partial charge in [0.05, 0.1) is 5.52 Å². The van der Waals surface area contributed by atoms with Crippen molar-refractivity contribution in [2.45, 2.75) is 58.0 Å². The maximum atomic E-state index is 13.8. The number of benzene rings is 1. The number of thiazole rings is 1. The van der Waals surface area contributed by atoms with Gasteiger partial charge in [-0.05, 0) is 55.4 Å². The van der Waals surface area contributed by atoms with Crippen LogP contribution in [0.5, 0.6) is 0 Å². The van der Waals surface area contributed by atoms with E-state index in [0.717, 1.165) is 42.3 Å². The number of anilines is 1. The van der Waals surface area contributed by atoms with E-state index in [0.29, 0.717) is 35.2 Å². The standard InChI is InChI=1S/C27H31N6O4S/c1-16(2)13-32(20-6-7-20)27-29-22(15-38-27)25(36)33(21(14-34)11-17-3-4-17)24(35)19-5-8-23-18(12-19)9-10-31(23)26(37)30-28/h5,8-10,12,15-17,20-21H,3-4,6-7,11,13,28H2,1-2H3,(H,30,37)/t21-/m0/s1. The Kier molecular flexibility index (Phi) is 7.31. The molecule has 0 aliphatic heterocycles. The van der Waals surface area contributed by atoms with Crippen molar-refractivity contribution in [1.82, 2.24) is 19.9 Å². The quantitative estimate of drug-likeness (QED) is 0.175. The summed E-state index contributed by atoms with van der Waals surface area (Å²) in [5.41, 5.74) is 3.00. The molecule has 1 atom stereocenters. The normalized spacial score (nSPS) is 15.9. The smallest absolute Gasteiger partial charge is 0.340 e. The molecular formula is C27H31N6O4S. The Labute approximate surface area is 224 Å². The van der Waals surface area contributed by atoms with Crippen molar-refractivity contribution in [2.75, 3.05) is 11.4 Å². The van der Waals surface area contributed by atoms with Crippen LogP contribution in [-0.2, 0) is 4.79 Å². The van der Waals surface area contributed by atoms with Crippen molar-refractivity contribution in [3.05, 3.63) is 47.1 Å². The summed E-state index contributed by atoms with van der Waals surface area (Å²) < 4.78 is 1.32. The summed E-state index contributed by atoms with van der Waals surface area (Å²) in [5, 5.41) is 3.04. The van der Waals surface area contributed by atoms with Gasteiger partial charge in [0.15, 0.2) is 5.13 Å². The van der Waals surface area contributed by atoms with Gasteiger partial charge in [-0.15, -0.1) is 11.3 Å². The van der Waals surface area contributed by atoms with Crippen molar-refractivity contribution in [3.8, 4) is 0 Å². The lowest BCUT2D eigenvalue weighted by molar-refractivity contribution is 0.0573. The molecule has 2 aliphatic rings. The number of hydrazine groups is 1. The van der Waals surface area contributed by atoms with Crippen LogP contribution in [0.15, 0.2) is 35.8 Å². The highest BCUT2D eigenvalue weighted by atomic mass is 32.1. The van der Waals surface area contributed by atoms with E-state index in [1.54, 1.807) is 29.8 Å². The van der Waals surface area contributed by atoms with Crippen LogP contribution in [0.25, 0.3) is 10.9 Å². The third-order valence-electron chi connectivity index (χ3n) is 6.92. The monoisotopic (exact) mass is 535 g/mol. The number of nitrogen functional groups attached to an aromatic ring is 1. The van der Waals surface area contributed by atoms with Gasteiger partial charge >= 0.3 is 6.03 Å². The number of carbonyl (C=O) groups is 3. The first-order valence-electron chi connectivity index (χ1n) is 12.9. The van der Waals surface area contributed by atoms with E-state index in [9.17, 15) is 19.2 Å². The summed E-state index contributed by atoms with van der Waals surface area (Å²) in [4.78, 5) is 59.5. The molecule has 3 amide bonds. The molecule has 11 heteroatoms. The lowest BCUT2D eigenvalue weighted by Crippen LogP contribution is -2.46. The number of carbonyl (C=O) groups excluding carboxylic acids is 4. The number of nitrogens with two attached hydrogens (primary N) is 1. The summed E-state index contributed by atoms with van der Waals surface area (Å²) in [5.74, 6) is 4.78. The number of hydrogen-bond acceptors (Lipinski definition) is 8. The molecule has 2 aliphatic carbocycles. The summed E-state index contributed by atoms with van der Waals surface area (Å²) in [6, 6.07) is 5.32. The Morgan fingerprint density at radius 3 is 2.58 bits per heavy atom. The van der Waals surface area contributed by atoms with E-state index in [-0.39, 0.29) is 11.3 Å². The molecule has 5 rings (SSSR count). The van der Waals surface area contributed by atoms with Gasteiger partial charge in [-0.25, -0.2) is 15.6 Å². The molecule has 38 heavy (non-hydrogen) atoms. The van der Waals surface area contributed by atoms with E-state index in [1.807, 2.05) is 6.29 Å². The molecule has 199 valence electrons. The number of nitrogens with one attached hydrogen (secondary N) is 1. The molecule has 2 heterocycles. The Balaban J connectivity index is 1.46. The zero-order valence-corrected chi connectivity index (χ0v) is 22.2. The van der Waals surface area contributed by atoms with Gasteiger partial charge in [-0.1, -0.05) is 26.7 Å². The van der Waals surface area contributed by atoms with Crippen molar-refractivity contribution >= 4 is 51.5 Å². The molecule has 3 N–H and O–H groups in total. The maximum Gasteiger partial charge on any atom is 0.340 e. The SMILES string of the molecule is CC(C)CN(c1nc(C(=O)N(C(=O)c2ccc3c(ccn3C(=O)NN)c2)[C@H]([C]=O)CC2CC2)cs1)C1CC1. The second-order valence-corrected chi connectivity index (χ2v) is 11.3. The van der Waals surface area contributed by atoms with Crippen LogP contribution >= 0.6 is 11.3 Å². The van der Waals surface area contributed by atoms with Gasteiger partial charge < -0.3 is 4.90 Å². The van der Waals surface area contributed by atoms with Gasteiger partial charge in [0.2, 0.25) is 6.29 Å². The summed E-state index contributed by atoms with van der Waals surface area (Å²) >= 11 is 1.38. The lowest BCUT2D eigenvalue weighted by Gasteiger charge is -2.26. The van der Waals surface area contributed by atoms with Gasteiger partial charge in [-0.2, -0.15) is 0 Å². The van der Waals surface area contributed by atoms with E-state index in [4.69, 9.17) is 5.84 Å². The zero-order valence-electron chi connectivity index (χ0n) is 21.4. The van der Waals surface area contributed by atoms with Crippen LogP contribution in [0.3, 0.4) is 0 Å². The van der Waals surface area contributed by atoms with Crippen LogP contribution in [0.1, 0.15) is 66.8 Å². The van der Waals surface area contributed by atoms with Crippen molar-refractivity contribution in [3.63, 3.8) is 0 Å². The second-order valence-electron chi connectivity index (χ2n) is 10.5. The average molecular weight is 536 g/mol. The number of rotatable bonds is 10. The molecule has 1 aromatic carbocycles. The predicted molar refractivity (Wildman–Crippen MR) is 145 cm³/mol. The molecule has 10 nitrogen and oxygen atoms in total. The first-order valence-corrected chi connectivity index (χ1v) is 13.8. The minimum atomic E-state index is -1.01. The predicted octanol–water partition coefficient (Wildman–Crippen LogP) is 3.72. The van der Waals surface area contributed by atoms with E-state index < -0.39 is 23.9 Å². The number of amides is 3. The highest BCUT2D eigenvalue weighted by Crippen LogP contribution is 2.36. The molecular weight excluding hydrogens is 504 g/mol. The first kappa shape index (κ1) is 26.1. The molecule has 2 saturated carbocycles. The summed E-state index contributed by atoms with van der Waals surface area (Å²) in [7, 11) is 0. The molecule has 2 fully saturated rings. The van der Waals surface area contributed by atoms with Crippen LogP contribution in [0, 0.1) is 11.8 Å². The van der Waals surface area contributed by atoms with Crippen molar-refractivity contribution < 1.29 is 19.2 Å². The van der Waals surface area contributed by atoms with E-state index >= 15 is 0 Å². The number of imide groups is 1. The minimum Gasteiger partial charge on any atom is -0.345 e. The number of fused-ring (bicyclic) bond motifs is 1. The zero-order chi connectivity index (χ0) is 27.0. The molecule has 1 radical (unpaired) electrons. The maximum absolute atomic E-state index is 13.8. The van der Waals surface area contributed by atoms with Gasteiger partial charge in [0.1, 0.15) is 11.7 Å². The number of aromatic nitrogens is 2. The molecule has 0 spiro atoms. The molecule has 0 unspecified atom stereocenters. The fraction of sp³-hybridized carbons (Fsp3) is 0.444. The largest absolute Gasteiger partial charge is 0.345 e. The van der Waals surface area contributed by atoms with Gasteiger partial charge in [-0.3, -0.25) is 29.3 Å². The van der Waals surface area contributed by atoms with Crippen molar-refractivity contribution in [1.29, 1.82) is 0 Å². The number of nitrogens with zero attached hydrogens (tertiary/aromatic N) is 4. The average Bonchev–Trinajstić information content (AvgIpc) is 3.83. The van der Waals surface area contributed by atoms with Crippen LogP contribution in [-0.4, -0.2) is 57.2 Å². The van der Waals surface area contributed by atoms with E-state index in [1.165, 1.54) is 22.0 Å². The summed E-state index contributed by atoms with van der Waals surface area (Å²) in [6.07, 6.45) is 8.00. The fourth-order valence-corrected chi connectivity index (χ4v) is 5.57. The fourth-order valence-electron chi connectivity index (χ4n) is 4.69. The second kappa shape index (κ2) is 10.7. The highest BCUT2D eigenvalue weighted by Gasteiger charge is 2.38. The molecule has 0 bridgehead atoms. The third kappa shape index (κ3) is 5.34. The lowest BCUT2D eigenvalue weighted by atomic mass is 10.1. The Hall–Kier alpha value is -3.57. The third-order valence-corrected chi connectivity index (χ3v) is 7.80. The first-order chi connectivity index (χ1) is 18.3. The molecule has 2 aromatic heterocycles. The van der Waals surface area contributed by atoms with Gasteiger partial charge in [0.25, 0.3) is 11.8 Å². The van der Waals surface area contributed by atoms with Gasteiger partial charge in [0, 0.05) is 35.1 Å². The topological polar surface area (TPSA) is 131 Å². The molecule has 0 saturated heterocycles. The summed E-state index contributed by atoms with van der Waals surface area (Å²) in [6.45, 7) is 5.12. The molecule has 3 aromatic rings.